The van der Waals surface area contributed by atoms with E-state index < -0.39 is 0 Å². The predicted octanol–water partition coefficient (Wildman–Crippen LogP) is 3.85. The second-order valence-corrected chi connectivity index (χ2v) is 4.87. The standard InChI is InChI=1S/C18H17NO2/c1-13-6-8-15(9-7-13)10-11-18(21)16-4-3-5-17(12-16)19-14(2)20/h3-12H,1-2H3,(H,19,20). The van der Waals surface area contributed by atoms with Crippen molar-refractivity contribution in [3.05, 3.63) is 71.3 Å². The van der Waals surface area contributed by atoms with Gasteiger partial charge in [-0.25, -0.2) is 0 Å². The Morgan fingerprint density at radius 2 is 1.76 bits per heavy atom. The maximum Gasteiger partial charge on any atom is 0.221 e. The van der Waals surface area contributed by atoms with Crippen molar-refractivity contribution in [3.8, 4) is 0 Å². The summed E-state index contributed by atoms with van der Waals surface area (Å²) in [5, 5.41) is 2.66. The van der Waals surface area contributed by atoms with Crippen molar-refractivity contribution in [2.75, 3.05) is 5.32 Å². The van der Waals surface area contributed by atoms with E-state index in [1.165, 1.54) is 18.6 Å². The van der Waals surface area contributed by atoms with Crippen LogP contribution < -0.4 is 5.32 Å². The number of carbonyl (C=O) groups excluding carboxylic acids is 2. The van der Waals surface area contributed by atoms with E-state index in [2.05, 4.69) is 5.32 Å². The number of amides is 1. The first-order valence-electron chi connectivity index (χ1n) is 6.71. The van der Waals surface area contributed by atoms with Crippen LogP contribution in [0.15, 0.2) is 54.6 Å². The van der Waals surface area contributed by atoms with Gasteiger partial charge in [0, 0.05) is 18.2 Å². The van der Waals surface area contributed by atoms with Gasteiger partial charge in [-0.2, -0.15) is 0 Å². The zero-order chi connectivity index (χ0) is 15.2. The first kappa shape index (κ1) is 14.7. The number of hydrogen-bond acceptors (Lipinski definition) is 2. The molecular formula is C18H17NO2. The summed E-state index contributed by atoms with van der Waals surface area (Å²) in [6.07, 6.45) is 3.32. The van der Waals surface area contributed by atoms with Gasteiger partial charge in [-0.3, -0.25) is 9.59 Å². The number of benzene rings is 2. The third-order valence-electron chi connectivity index (χ3n) is 2.97. The molecule has 0 atom stereocenters. The molecule has 2 aromatic rings. The zero-order valence-electron chi connectivity index (χ0n) is 12.1. The molecule has 0 radical (unpaired) electrons. The summed E-state index contributed by atoms with van der Waals surface area (Å²) in [5.74, 6) is -0.252. The molecule has 0 fully saturated rings. The minimum Gasteiger partial charge on any atom is -0.326 e. The van der Waals surface area contributed by atoms with Crippen LogP contribution in [0.1, 0.15) is 28.4 Å². The molecule has 2 aromatic carbocycles. The monoisotopic (exact) mass is 279 g/mol. The van der Waals surface area contributed by atoms with Crippen LogP contribution in [-0.4, -0.2) is 11.7 Å². The van der Waals surface area contributed by atoms with E-state index in [4.69, 9.17) is 0 Å². The number of ketones is 1. The SMILES string of the molecule is CC(=O)Nc1cccc(C(=O)C=Cc2ccc(C)cc2)c1. The van der Waals surface area contributed by atoms with Crippen molar-refractivity contribution < 1.29 is 9.59 Å². The lowest BCUT2D eigenvalue weighted by Gasteiger charge is -2.03. The van der Waals surface area contributed by atoms with E-state index in [9.17, 15) is 9.59 Å². The Morgan fingerprint density at radius 1 is 1.05 bits per heavy atom. The van der Waals surface area contributed by atoms with E-state index >= 15 is 0 Å². The van der Waals surface area contributed by atoms with E-state index in [0.29, 0.717) is 11.3 Å². The van der Waals surface area contributed by atoms with E-state index in [1.807, 2.05) is 31.2 Å². The van der Waals surface area contributed by atoms with Crippen LogP contribution in [0.3, 0.4) is 0 Å². The summed E-state index contributed by atoms with van der Waals surface area (Å²) in [6.45, 7) is 3.46. The Bertz CT molecular complexity index is 685. The van der Waals surface area contributed by atoms with Crippen LogP contribution in [0, 0.1) is 6.92 Å². The summed E-state index contributed by atoms with van der Waals surface area (Å²) in [4.78, 5) is 23.1. The van der Waals surface area contributed by atoms with Crippen molar-refractivity contribution in [3.63, 3.8) is 0 Å². The molecule has 3 heteroatoms. The van der Waals surface area contributed by atoms with Crippen molar-refractivity contribution in [2.24, 2.45) is 0 Å². The molecule has 0 aliphatic heterocycles. The summed E-state index contributed by atoms with van der Waals surface area (Å²) in [7, 11) is 0. The highest BCUT2D eigenvalue weighted by Gasteiger charge is 2.03. The molecule has 1 amide bonds. The minimum absolute atomic E-state index is 0.0947. The van der Waals surface area contributed by atoms with E-state index in [0.717, 1.165) is 5.56 Å². The average molecular weight is 279 g/mol. The molecule has 1 N–H and O–H groups in total. The molecule has 0 spiro atoms. The van der Waals surface area contributed by atoms with Crippen molar-refractivity contribution >= 4 is 23.5 Å². The third kappa shape index (κ3) is 4.42. The number of rotatable bonds is 4. The Labute approximate surface area is 124 Å². The highest BCUT2D eigenvalue weighted by Crippen LogP contribution is 2.13. The second kappa shape index (κ2) is 6.66. The molecule has 0 heterocycles. The quantitative estimate of drug-likeness (QED) is 0.682. The largest absolute Gasteiger partial charge is 0.326 e. The highest BCUT2D eigenvalue weighted by atomic mass is 16.1. The summed E-state index contributed by atoms with van der Waals surface area (Å²) >= 11 is 0. The number of anilines is 1. The van der Waals surface area contributed by atoms with Crippen LogP contribution in [0.4, 0.5) is 5.69 Å². The number of carbonyl (C=O) groups is 2. The first-order chi connectivity index (χ1) is 10.0. The van der Waals surface area contributed by atoms with Crippen molar-refractivity contribution in [2.45, 2.75) is 13.8 Å². The van der Waals surface area contributed by atoms with Gasteiger partial charge in [0.15, 0.2) is 5.78 Å². The number of nitrogens with one attached hydrogen (secondary N) is 1. The van der Waals surface area contributed by atoms with Gasteiger partial charge in [0.05, 0.1) is 0 Å². The molecule has 0 aliphatic rings. The van der Waals surface area contributed by atoms with Gasteiger partial charge in [0.1, 0.15) is 0 Å². The second-order valence-electron chi connectivity index (χ2n) is 4.87. The molecule has 106 valence electrons. The first-order valence-corrected chi connectivity index (χ1v) is 6.71. The maximum atomic E-state index is 12.1. The molecule has 21 heavy (non-hydrogen) atoms. The Hall–Kier alpha value is -2.68. The van der Waals surface area contributed by atoms with Gasteiger partial charge >= 0.3 is 0 Å². The fraction of sp³-hybridized carbons (Fsp3) is 0.111. The lowest BCUT2D eigenvalue weighted by molar-refractivity contribution is -0.114. The van der Waals surface area contributed by atoms with Gasteiger partial charge in [-0.1, -0.05) is 48.0 Å². The molecular weight excluding hydrogens is 262 g/mol. The lowest BCUT2D eigenvalue weighted by Crippen LogP contribution is -2.06. The van der Waals surface area contributed by atoms with Crippen LogP contribution in [0.5, 0.6) is 0 Å². The third-order valence-corrected chi connectivity index (χ3v) is 2.97. The molecule has 0 unspecified atom stereocenters. The van der Waals surface area contributed by atoms with Gasteiger partial charge in [-0.15, -0.1) is 0 Å². The summed E-state index contributed by atoms with van der Waals surface area (Å²) in [5.41, 5.74) is 3.33. The Kier molecular flexibility index (Phi) is 4.67. The normalized spacial score (nSPS) is 10.6. The zero-order valence-corrected chi connectivity index (χ0v) is 12.1. The lowest BCUT2D eigenvalue weighted by atomic mass is 10.1. The number of aryl methyl sites for hydroxylation is 1. The predicted molar refractivity (Wildman–Crippen MR) is 85.3 cm³/mol. The van der Waals surface area contributed by atoms with Gasteiger partial charge in [0.2, 0.25) is 5.91 Å². The maximum absolute atomic E-state index is 12.1. The summed E-state index contributed by atoms with van der Waals surface area (Å²) in [6, 6.07) is 14.8. The smallest absolute Gasteiger partial charge is 0.221 e. The molecule has 3 nitrogen and oxygen atoms in total. The summed E-state index contributed by atoms with van der Waals surface area (Å²) < 4.78 is 0. The van der Waals surface area contributed by atoms with Gasteiger partial charge in [-0.05, 0) is 30.7 Å². The van der Waals surface area contributed by atoms with Crippen LogP contribution in [0.2, 0.25) is 0 Å². The molecule has 0 saturated heterocycles. The van der Waals surface area contributed by atoms with Crippen molar-refractivity contribution in [1.82, 2.24) is 0 Å². The van der Waals surface area contributed by atoms with Gasteiger partial charge in [0.25, 0.3) is 0 Å². The van der Waals surface area contributed by atoms with Crippen LogP contribution >= 0.6 is 0 Å². The fourth-order valence-corrected chi connectivity index (χ4v) is 1.90. The molecule has 2 rings (SSSR count). The minimum atomic E-state index is -0.158. The van der Waals surface area contributed by atoms with Crippen molar-refractivity contribution in [1.29, 1.82) is 0 Å². The van der Waals surface area contributed by atoms with Crippen LogP contribution in [-0.2, 0) is 4.79 Å². The average Bonchev–Trinajstić information content (AvgIpc) is 2.46. The molecule has 0 aromatic heterocycles. The topological polar surface area (TPSA) is 46.2 Å². The molecule has 0 aliphatic carbocycles. The highest BCUT2D eigenvalue weighted by molar-refractivity contribution is 6.07. The van der Waals surface area contributed by atoms with Crippen LogP contribution in [0.25, 0.3) is 6.08 Å². The number of allylic oxidation sites excluding steroid dienone is 1. The Balaban J connectivity index is 2.12. The molecule has 0 bridgehead atoms. The van der Waals surface area contributed by atoms with Gasteiger partial charge < -0.3 is 5.32 Å². The Morgan fingerprint density at radius 3 is 2.43 bits per heavy atom. The number of hydrogen-bond donors (Lipinski definition) is 1. The van der Waals surface area contributed by atoms with E-state index in [-0.39, 0.29) is 11.7 Å². The molecule has 0 saturated carbocycles. The fourth-order valence-electron chi connectivity index (χ4n) is 1.90. The van der Waals surface area contributed by atoms with E-state index in [1.54, 1.807) is 30.3 Å².